The largest absolute Gasteiger partial charge is 0.285 e. The van der Waals surface area contributed by atoms with Crippen molar-refractivity contribution >= 4 is 38.5 Å². The lowest BCUT2D eigenvalue weighted by Gasteiger charge is -2.22. The number of benzene rings is 1. The van der Waals surface area contributed by atoms with Gasteiger partial charge in [-0.3, -0.25) is 15.0 Å². The second-order valence-corrected chi connectivity index (χ2v) is 9.12. The number of carbonyl (C=O) groups excluding carboxylic acids is 1. The first kappa shape index (κ1) is 18.5. The third-order valence-electron chi connectivity index (χ3n) is 4.08. The van der Waals surface area contributed by atoms with Gasteiger partial charge < -0.3 is 0 Å². The summed E-state index contributed by atoms with van der Waals surface area (Å²) in [6, 6.07) is 10.2. The number of rotatable bonds is 7. The first-order valence-electron chi connectivity index (χ1n) is 7.90. The molecule has 0 bridgehead atoms. The van der Waals surface area contributed by atoms with Gasteiger partial charge in [-0.05, 0) is 41.6 Å². The highest BCUT2D eigenvalue weighted by Crippen LogP contribution is 2.29. The first-order valence-corrected chi connectivity index (χ1v) is 10.6. The number of fused-ring (bicyclic) bond motifs is 1. The molecule has 0 radical (unpaired) electrons. The first-order chi connectivity index (χ1) is 12.4. The maximum atomic E-state index is 12.7. The lowest BCUT2D eigenvalue weighted by atomic mass is 10.2. The maximum Gasteiger partial charge on any atom is 0.233 e. The normalized spacial score (nSPS) is 12.8. The van der Waals surface area contributed by atoms with E-state index >= 15 is 0 Å². The van der Waals surface area contributed by atoms with Gasteiger partial charge in [0.2, 0.25) is 6.41 Å². The van der Waals surface area contributed by atoms with Crippen molar-refractivity contribution in [2.75, 3.05) is 5.75 Å². The van der Waals surface area contributed by atoms with Crippen molar-refractivity contribution in [2.45, 2.75) is 18.7 Å². The Kier molecular flexibility index (Phi) is 5.36. The smallest absolute Gasteiger partial charge is 0.233 e. The van der Waals surface area contributed by atoms with E-state index < -0.39 is 15.9 Å². The molecule has 2 aromatic heterocycles. The summed E-state index contributed by atoms with van der Waals surface area (Å²) < 4.78 is 25.4. The van der Waals surface area contributed by atoms with E-state index in [4.69, 9.17) is 0 Å². The van der Waals surface area contributed by atoms with E-state index in [1.807, 2.05) is 37.3 Å². The molecular formula is C18H18N2O4S2. The molecule has 0 aliphatic rings. The molecule has 1 amide bonds. The minimum atomic E-state index is -3.59. The zero-order chi connectivity index (χ0) is 18.7. The lowest BCUT2D eigenvalue weighted by Crippen LogP contribution is -2.30. The van der Waals surface area contributed by atoms with Gasteiger partial charge in [0.25, 0.3) is 0 Å². The number of aryl methyl sites for hydroxylation is 1. The Morgan fingerprint density at radius 1 is 1.31 bits per heavy atom. The van der Waals surface area contributed by atoms with E-state index in [-0.39, 0.29) is 17.9 Å². The summed E-state index contributed by atoms with van der Waals surface area (Å²) in [5, 5.41) is 13.0. The number of hydrogen-bond acceptors (Lipinski definition) is 6. The molecule has 0 aliphatic carbocycles. The number of pyridine rings is 1. The van der Waals surface area contributed by atoms with Crippen LogP contribution >= 0.6 is 11.3 Å². The third kappa shape index (κ3) is 4.09. The summed E-state index contributed by atoms with van der Waals surface area (Å²) in [4.78, 5) is 16.0. The van der Waals surface area contributed by atoms with Crippen LogP contribution in [0.2, 0.25) is 0 Å². The summed E-state index contributed by atoms with van der Waals surface area (Å²) in [5.74, 6) is -0.575. The second kappa shape index (κ2) is 7.53. The number of sulfone groups is 1. The van der Waals surface area contributed by atoms with Gasteiger partial charge in [-0.2, -0.15) is 0 Å². The highest BCUT2D eigenvalue weighted by molar-refractivity contribution is 7.90. The fourth-order valence-electron chi connectivity index (χ4n) is 2.82. The predicted molar refractivity (Wildman–Crippen MR) is 101 cm³/mol. The number of aromatic nitrogens is 1. The molecule has 2 heterocycles. The van der Waals surface area contributed by atoms with Crippen LogP contribution in [0.4, 0.5) is 0 Å². The van der Waals surface area contributed by atoms with Crippen molar-refractivity contribution in [1.82, 2.24) is 10.0 Å². The van der Waals surface area contributed by atoms with E-state index in [2.05, 4.69) is 4.98 Å². The second-order valence-electron chi connectivity index (χ2n) is 6.06. The Morgan fingerprint density at radius 3 is 2.77 bits per heavy atom. The molecule has 1 aromatic carbocycles. The fraction of sp³-hybridized carbons (Fsp3) is 0.222. The molecular weight excluding hydrogens is 372 g/mol. The van der Waals surface area contributed by atoms with E-state index in [9.17, 15) is 18.4 Å². The van der Waals surface area contributed by atoms with Crippen LogP contribution in [-0.2, 0) is 20.4 Å². The third-order valence-corrected chi connectivity index (χ3v) is 6.79. The zero-order valence-corrected chi connectivity index (χ0v) is 15.7. The van der Waals surface area contributed by atoms with Crippen LogP contribution in [0.15, 0.2) is 48.0 Å². The molecule has 3 aromatic rings. The van der Waals surface area contributed by atoms with E-state index in [1.54, 1.807) is 17.6 Å². The molecule has 136 valence electrons. The number of amides is 1. The van der Waals surface area contributed by atoms with Crippen molar-refractivity contribution in [1.29, 1.82) is 0 Å². The Balaban J connectivity index is 1.85. The Labute approximate surface area is 155 Å². The molecule has 0 spiro atoms. The molecule has 1 atom stereocenters. The number of carbonyl (C=O) groups is 1. The number of thiophene rings is 1. The highest BCUT2D eigenvalue weighted by atomic mass is 32.2. The van der Waals surface area contributed by atoms with Crippen LogP contribution in [0.25, 0.3) is 10.9 Å². The topological polar surface area (TPSA) is 87.6 Å². The van der Waals surface area contributed by atoms with Crippen LogP contribution in [0.5, 0.6) is 0 Å². The van der Waals surface area contributed by atoms with E-state index in [0.717, 1.165) is 16.5 Å². The summed E-state index contributed by atoms with van der Waals surface area (Å²) >= 11 is 1.31. The van der Waals surface area contributed by atoms with Gasteiger partial charge in [0.1, 0.15) is 6.04 Å². The summed E-state index contributed by atoms with van der Waals surface area (Å²) in [5.41, 5.74) is 2.20. The van der Waals surface area contributed by atoms with Gasteiger partial charge in [0.15, 0.2) is 9.84 Å². The Morgan fingerprint density at radius 2 is 2.08 bits per heavy atom. The van der Waals surface area contributed by atoms with Crippen LogP contribution < -0.4 is 0 Å². The summed E-state index contributed by atoms with van der Waals surface area (Å²) in [6.07, 6.45) is 1.78. The number of para-hydroxylation sites is 1. The monoisotopic (exact) mass is 390 g/mol. The molecule has 1 N–H and O–H groups in total. The molecule has 6 nitrogen and oxygen atoms in total. The minimum absolute atomic E-state index is 0.210. The minimum Gasteiger partial charge on any atom is -0.285 e. The molecule has 0 saturated heterocycles. The van der Waals surface area contributed by atoms with Gasteiger partial charge in [-0.1, -0.05) is 18.2 Å². The zero-order valence-electron chi connectivity index (χ0n) is 14.1. The fourth-order valence-corrected chi connectivity index (χ4v) is 5.53. The highest BCUT2D eigenvalue weighted by Gasteiger charge is 2.28. The molecule has 26 heavy (non-hydrogen) atoms. The van der Waals surface area contributed by atoms with Gasteiger partial charge >= 0.3 is 0 Å². The average molecular weight is 390 g/mol. The molecule has 3 rings (SSSR count). The Hall–Kier alpha value is -2.29. The number of hydroxylamine groups is 2. The van der Waals surface area contributed by atoms with E-state index in [0.29, 0.717) is 15.5 Å². The van der Waals surface area contributed by atoms with Gasteiger partial charge in [-0.15, -0.1) is 11.3 Å². The van der Waals surface area contributed by atoms with Crippen LogP contribution in [0, 0.1) is 6.92 Å². The summed E-state index contributed by atoms with van der Waals surface area (Å²) in [7, 11) is -3.59. The maximum absolute atomic E-state index is 12.7. The number of hydrogen-bond donors (Lipinski definition) is 1. The number of nitrogens with zero attached hydrogens (tertiary/aromatic N) is 2. The van der Waals surface area contributed by atoms with Crippen molar-refractivity contribution in [2.24, 2.45) is 0 Å². The summed E-state index contributed by atoms with van der Waals surface area (Å²) in [6.45, 7) is 1.82. The van der Waals surface area contributed by atoms with Crippen molar-refractivity contribution < 1.29 is 18.4 Å². The van der Waals surface area contributed by atoms with E-state index in [1.165, 1.54) is 11.3 Å². The average Bonchev–Trinajstić information content (AvgIpc) is 3.04. The van der Waals surface area contributed by atoms with Crippen molar-refractivity contribution in [3.63, 3.8) is 0 Å². The molecule has 0 saturated carbocycles. The molecule has 0 fully saturated rings. The van der Waals surface area contributed by atoms with Gasteiger partial charge in [0.05, 0.1) is 17.0 Å². The molecule has 8 heteroatoms. The standard InChI is InChI=1S/C18H18N2O4S2/c1-13-6-7-25-18(13)17(20(22)12-21)11-26(23,24)10-14-8-15-4-2-3-5-16(15)19-9-14/h2-9,12,17,22H,10-11H2,1H3. The van der Waals surface area contributed by atoms with Crippen molar-refractivity contribution in [3.05, 3.63) is 64.0 Å². The van der Waals surface area contributed by atoms with Crippen molar-refractivity contribution in [3.8, 4) is 0 Å². The van der Waals surface area contributed by atoms with Gasteiger partial charge in [-0.25, -0.2) is 13.5 Å². The quantitative estimate of drug-likeness (QED) is 0.380. The lowest BCUT2D eigenvalue weighted by molar-refractivity contribution is -0.158. The van der Waals surface area contributed by atoms with Crippen LogP contribution in [0.1, 0.15) is 22.0 Å². The van der Waals surface area contributed by atoms with Gasteiger partial charge in [0, 0.05) is 16.5 Å². The Bertz CT molecular complexity index is 1030. The molecule has 0 aliphatic heterocycles. The SMILES string of the molecule is Cc1ccsc1C(CS(=O)(=O)Cc1cnc2ccccc2c1)N(O)C=O. The predicted octanol–water partition coefficient (Wildman–Crippen LogP) is 3.11. The van der Waals surface area contributed by atoms with Crippen LogP contribution in [-0.4, -0.2) is 35.8 Å². The van der Waals surface area contributed by atoms with Crippen LogP contribution in [0.3, 0.4) is 0 Å². The molecule has 1 unspecified atom stereocenters.